The molecule has 2 fully saturated rings. The van der Waals surface area contributed by atoms with Gasteiger partial charge in [-0.15, -0.1) is 0 Å². The third kappa shape index (κ3) is 3.14. The Hall–Kier alpha value is -0.970. The fourth-order valence-corrected chi connectivity index (χ4v) is 3.13. The third-order valence-electron chi connectivity index (χ3n) is 4.45. The molecule has 4 heteroatoms. The van der Waals surface area contributed by atoms with Crippen LogP contribution in [-0.2, 0) is 6.54 Å². The molecule has 104 valence electrons. The smallest absolute Gasteiger partial charge is 0.0573 e. The lowest BCUT2D eigenvalue weighted by atomic mass is 10.1. The minimum absolute atomic E-state index is 0.777. The largest absolute Gasteiger partial charge is 0.315 e. The maximum absolute atomic E-state index is 4.50. The van der Waals surface area contributed by atoms with Crippen LogP contribution >= 0.6 is 0 Å². The monoisotopic (exact) mass is 260 g/mol. The molecule has 0 spiro atoms. The Morgan fingerprint density at radius 2 is 2.16 bits per heavy atom. The van der Waals surface area contributed by atoms with E-state index in [9.17, 15) is 0 Å². The molecule has 0 radical (unpaired) electrons. The van der Waals surface area contributed by atoms with E-state index in [2.05, 4.69) is 33.1 Å². The van der Waals surface area contributed by atoms with Crippen molar-refractivity contribution in [2.75, 3.05) is 39.3 Å². The number of nitrogens with one attached hydrogen (secondary N) is 1. The normalized spacial score (nSPS) is 25.8. The Labute approximate surface area is 115 Å². The molecule has 1 aromatic rings. The summed E-state index contributed by atoms with van der Waals surface area (Å²) in [6.45, 7) is 10.3. The van der Waals surface area contributed by atoms with E-state index in [4.69, 9.17) is 0 Å². The number of hydrogen-bond donors (Lipinski definition) is 1. The Kier molecular flexibility index (Phi) is 4.11. The minimum atomic E-state index is 0.777. The molecule has 0 aromatic carbocycles. The first-order valence-electron chi connectivity index (χ1n) is 7.40. The Morgan fingerprint density at radius 3 is 2.84 bits per heavy atom. The Balaban J connectivity index is 1.51. The van der Waals surface area contributed by atoms with E-state index in [-0.39, 0.29) is 0 Å². The summed E-state index contributed by atoms with van der Waals surface area (Å²) in [7, 11) is 0. The first-order chi connectivity index (χ1) is 9.33. The van der Waals surface area contributed by atoms with Crippen molar-refractivity contribution in [1.82, 2.24) is 20.1 Å². The molecule has 2 saturated heterocycles. The average molecular weight is 260 g/mol. The molecule has 0 saturated carbocycles. The number of rotatable bonds is 3. The fraction of sp³-hybridized carbons (Fsp3) is 0.667. The topological polar surface area (TPSA) is 31.4 Å². The second kappa shape index (κ2) is 5.99. The zero-order valence-electron chi connectivity index (χ0n) is 11.8. The Bertz CT molecular complexity index is 406. The van der Waals surface area contributed by atoms with Gasteiger partial charge in [-0.2, -0.15) is 0 Å². The van der Waals surface area contributed by atoms with Gasteiger partial charge in [-0.05, 0) is 31.5 Å². The van der Waals surface area contributed by atoms with Gasteiger partial charge in [0.05, 0.1) is 5.69 Å². The lowest BCUT2D eigenvalue weighted by Gasteiger charge is -2.37. The average Bonchev–Trinajstić information content (AvgIpc) is 2.96. The maximum Gasteiger partial charge on any atom is 0.0573 e. The predicted octanol–water partition coefficient (Wildman–Crippen LogP) is 0.870. The van der Waals surface area contributed by atoms with Crippen molar-refractivity contribution in [3.63, 3.8) is 0 Å². The van der Waals surface area contributed by atoms with E-state index in [0.29, 0.717) is 0 Å². The summed E-state index contributed by atoms with van der Waals surface area (Å²) in [5.41, 5.74) is 2.54. The van der Waals surface area contributed by atoms with Gasteiger partial charge in [0.1, 0.15) is 0 Å². The number of nitrogens with zero attached hydrogens (tertiary/aromatic N) is 3. The summed E-state index contributed by atoms with van der Waals surface area (Å²) < 4.78 is 0. The third-order valence-corrected chi connectivity index (χ3v) is 4.45. The van der Waals surface area contributed by atoms with Crippen molar-refractivity contribution in [2.45, 2.75) is 25.9 Å². The molecule has 1 N–H and O–H groups in total. The van der Waals surface area contributed by atoms with Crippen molar-refractivity contribution in [3.8, 4) is 0 Å². The van der Waals surface area contributed by atoms with Crippen LogP contribution in [0.3, 0.4) is 0 Å². The molecule has 1 unspecified atom stereocenters. The number of piperazine rings is 1. The molecule has 0 bridgehead atoms. The Morgan fingerprint density at radius 1 is 1.32 bits per heavy atom. The SMILES string of the molecule is Cc1cccnc1CN1CCN(C2CCNC2)CC1. The van der Waals surface area contributed by atoms with Crippen LogP contribution in [0.2, 0.25) is 0 Å². The maximum atomic E-state index is 4.50. The van der Waals surface area contributed by atoms with Crippen molar-refractivity contribution >= 4 is 0 Å². The molecule has 2 aliphatic heterocycles. The summed E-state index contributed by atoms with van der Waals surface area (Å²) in [6, 6.07) is 4.95. The van der Waals surface area contributed by atoms with E-state index in [1.807, 2.05) is 12.3 Å². The number of aromatic nitrogens is 1. The summed E-state index contributed by atoms with van der Waals surface area (Å²) >= 11 is 0. The van der Waals surface area contributed by atoms with Gasteiger partial charge in [0, 0.05) is 51.5 Å². The van der Waals surface area contributed by atoms with Gasteiger partial charge in [0.15, 0.2) is 0 Å². The van der Waals surface area contributed by atoms with Gasteiger partial charge >= 0.3 is 0 Å². The van der Waals surface area contributed by atoms with Crippen molar-refractivity contribution in [2.24, 2.45) is 0 Å². The highest BCUT2D eigenvalue weighted by molar-refractivity contribution is 5.17. The van der Waals surface area contributed by atoms with E-state index >= 15 is 0 Å². The van der Waals surface area contributed by atoms with Gasteiger partial charge < -0.3 is 5.32 Å². The summed E-state index contributed by atoms with van der Waals surface area (Å²) in [5.74, 6) is 0. The molecule has 3 rings (SSSR count). The summed E-state index contributed by atoms with van der Waals surface area (Å²) in [5, 5.41) is 3.46. The molecule has 3 heterocycles. The number of aryl methyl sites for hydroxylation is 1. The molecule has 2 aliphatic rings. The van der Waals surface area contributed by atoms with E-state index in [1.165, 1.54) is 56.9 Å². The summed E-state index contributed by atoms with van der Waals surface area (Å²) in [6.07, 6.45) is 3.22. The van der Waals surface area contributed by atoms with E-state index in [0.717, 1.165) is 12.6 Å². The number of hydrogen-bond acceptors (Lipinski definition) is 4. The fourth-order valence-electron chi connectivity index (χ4n) is 3.13. The first kappa shape index (κ1) is 13.0. The highest BCUT2D eigenvalue weighted by atomic mass is 15.3. The second-order valence-electron chi connectivity index (χ2n) is 5.73. The zero-order valence-corrected chi connectivity index (χ0v) is 11.8. The predicted molar refractivity (Wildman–Crippen MR) is 77.1 cm³/mol. The van der Waals surface area contributed by atoms with Crippen molar-refractivity contribution in [1.29, 1.82) is 0 Å². The first-order valence-corrected chi connectivity index (χ1v) is 7.40. The lowest BCUT2D eigenvalue weighted by Crippen LogP contribution is -2.50. The van der Waals surface area contributed by atoms with Crippen molar-refractivity contribution < 1.29 is 0 Å². The quantitative estimate of drug-likeness (QED) is 0.874. The van der Waals surface area contributed by atoms with Gasteiger partial charge in [-0.1, -0.05) is 6.07 Å². The molecule has 0 amide bonds. The molecule has 4 nitrogen and oxygen atoms in total. The van der Waals surface area contributed by atoms with Crippen LogP contribution in [-0.4, -0.2) is 60.1 Å². The minimum Gasteiger partial charge on any atom is -0.315 e. The molecular formula is C15H24N4. The highest BCUT2D eigenvalue weighted by Crippen LogP contribution is 2.14. The van der Waals surface area contributed by atoms with Crippen LogP contribution in [0.1, 0.15) is 17.7 Å². The highest BCUT2D eigenvalue weighted by Gasteiger charge is 2.26. The lowest BCUT2D eigenvalue weighted by molar-refractivity contribution is 0.0972. The molecule has 1 aromatic heterocycles. The van der Waals surface area contributed by atoms with E-state index in [1.54, 1.807) is 0 Å². The standard InChI is InChI=1S/C15H24N4/c1-13-3-2-5-17-15(13)12-18-7-9-19(10-8-18)14-4-6-16-11-14/h2-3,5,14,16H,4,6-12H2,1H3. The molecule has 0 aliphatic carbocycles. The van der Waals surface area contributed by atoms with Crippen LogP contribution in [0, 0.1) is 6.92 Å². The van der Waals surface area contributed by atoms with Crippen LogP contribution in [0.25, 0.3) is 0 Å². The van der Waals surface area contributed by atoms with Crippen LogP contribution in [0.4, 0.5) is 0 Å². The van der Waals surface area contributed by atoms with E-state index < -0.39 is 0 Å². The van der Waals surface area contributed by atoms with Crippen LogP contribution in [0.5, 0.6) is 0 Å². The van der Waals surface area contributed by atoms with Gasteiger partial charge in [0.25, 0.3) is 0 Å². The number of pyridine rings is 1. The van der Waals surface area contributed by atoms with Crippen LogP contribution in [0.15, 0.2) is 18.3 Å². The van der Waals surface area contributed by atoms with Gasteiger partial charge in [-0.3, -0.25) is 14.8 Å². The van der Waals surface area contributed by atoms with Crippen molar-refractivity contribution in [3.05, 3.63) is 29.6 Å². The van der Waals surface area contributed by atoms with Crippen LogP contribution < -0.4 is 5.32 Å². The summed E-state index contributed by atoms with van der Waals surface area (Å²) in [4.78, 5) is 9.69. The van der Waals surface area contributed by atoms with Gasteiger partial charge in [0.2, 0.25) is 0 Å². The molecular weight excluding hydrogens is 236 g/mol. The molecule has 19 heavy (non-hydrogen) atoms. The van der Waals surface area contributed by atoms with Gasteiger partial charge in [-0.25, -0.2) is 0 Å². The second-order valence-corrected chi connectivity index (χ2v) is 5.73. The zero-order chi connectivity index (χ0) is 13.1. The molecule has 1 atom stereocenters.